The Morgan fingerprint density at radius 3 is 1.65 bits per heavy atom. The van der Waals surface area contributed by atoms with Crippen molar-refractivity contribution < 1.29 is 0 Å². The summed E-state index contributed by atoms with van der Waals surface area (Å²) >= 11 is 11.5. The summed E-state index contributed by atoms with van der Waals surface area (Å²) in [5.41, 5.74) is 3.91. The van der Waals surface area contributed by atoms with Crippen molar-refractivity contribution in [3.8, 4) is 0 Å². The fourth-order valence-electron chi connectivity index (χ4n) is 1.70. The van der Waals surface area contributed by atoms with E-state index in [1.54, 1.807) is 0 Å². The molecule has 2 heterocycles. The Bertz CT molecular complexity index is 469. The van der Waals surface area contributed by atoms with E-state index in [2.05, 4.69) is 10.2 Å². The van der Waals surface area contributed by atoms with Crippen LogP contribution in [0.2, 0.25) is 0 Å². The molecule has 17 heavy (non-hydrogen) atoms. The number of halogens is 2. The van der Waals surface area contributed by atoms with E-state index in [-0.39, 0.29) is 0 Å². The van der Waals surface area contributed by atoms with Crippen LogP contribution in [0.4, 0.5) is 0 Å². The molecule has 0 radical (unpaired) electrons. The molecule has 2 aromatic heterocycles. The van der Waals surface area contributed by atoms with Crippen LogP contribution < -0.4 is 0 Å². The molecule has 92 valence electrons. The van der Waals surface area contributed by atoms with Gasteiger partial charge in [-0.1, -0.05) is 0 Å². The first-order valence-electron chi connectivity index (χ1n) is 5.32. The van der Waals surface area contributed by atoms with Crippen molar-refractivity contribution in [2.24, 2.45) is 0 Å². The summed E-state index contributed by atoms with van der Waals surface area (Å²) in [5, 5.41) is 8.78. The number of hydrogen-bond acceptors (Lipinski definition) is 2. The molecule has 0 aromatic carbocycles. The smallest absolute Gasteiger partial charge is 0.133 e. The molecular formula is C11H14Cl2N4. The van der Waals surface area contributed by atoms with Gasteiger partial charge < -0.3 is 0 Å². The summed E-state index contributed by atoms with van der Waals surface area (Å²) in [4.78, 5) is 0. The predicted molar refractivity (Wildman–Crippen MR) is 68.4 cm³/mol. The van der Waals surface area contributed by atoms with Gasteiger partial charge in [0.15, 0.2) is 0 Å². The molecule has 4 nitrogen and oxygen atoms in total. The topological polar surface area (TPSA) is 35.6 Å². The van der Waals surface area contributed by atoms with Crippen molar-refractivity contribution in [1.82, 2.24) is 19.6 Å². The van der Waals surface area contributed by atoms with E-state index in [0.717, 1.165) is 22.8 Å². The lowest BCUT2D eigenvalue weighted by Crippen LogP contribution is -2.13. The fraction of sp³-hybridized carbons (Fsp3) is 0.455. The summed E-state index contributed by atoms with van der Waals surface area (Å²) in [6.07, 6.45) is 0. The normalized spacial score (nSPS) is 11.1. The second-order valence-electron chi connectivity index (χ2n) is 3.96. The average molecular weight is 273 g/mol. The molecule has 2 rings (SSSR count). The Morgan fingerprint density at radius 2 is 1.35 bits per heavy atom. The van der Waals surface area contributed by atoms with E-state index in [1.165, 1.54) is 0 Å². The highest BCUT2D eigenvalue weighted by Crippen LogP contribution is 2.09. The molecule has 0 spiro atoms. The molecule has 0 N–H and O–H groups in total. The number of alkyl halides is 2. The van der Waals surface area contributed by atoms with Crippen molar-refractivity contribution in [2.75, 3.05) is 0 Å². The van der Waals surface area contributed by atoms with Gasteiger partial charge >= 0.3 is 0 Å². The molecule has 0 aliphatic carbocycles. The number of nitrogens with zero attached hydrogens (tertiary/aromatic N) is 4. The molecular weight excluding hydrogens is 259 g/mol. The highest BCUT2D eigenvalue weighted by molar-refractivity contribution is 6.17. The van der Waals surface area contributed by atoms with Gasteiger partial charge in [0, 0.05) is 11.4 Å². The zero-order valence-electron chi connectivity index (χ0n) is 9.82. The van der Waals surface area contributed by atoms with Crippen LogP contribution in [0.25, 0.3) is 0 Å². The largest absolute Gasteiger partial charge is 0.248 e. The molecule has 0 unspecified atom stereocenters. The van der Waals surface area contributed by atoms with E-state index < -0.39 is 0 Å². The lowest BCUT2D eigenvalue weighted by atomic mass is 10.4. The minimum Gasteiger partial charge on any atom is -0.248 e. The number of aromatic nitrogens is 4. The Hall–Kier alpha value is -1.000. The summed E-state index contributed by atoms with van der Waals surface area (Å²) in [7, 11) is 0. The van der Waals surface area contributed by atoms with Gasteiger partial charge in [-0.05, 0) is 26.0 Å². The molecule has 6 heteroatoms. The first kappa shape index (κ1) is 12.5. The van der Waals surface area contributed by atoms with E-state index in [4.69, 9.17) is 23.2 Å². The second-order valence-corrected chi connectivity index (χ2v) is 4.50. The molecule has 0 amide bonds. The Labute approximate surface area is 110 Å². The maximum absolute atomic E-state index is 5.76. The monoisotopic (exact) mass is 272 g/mol. The van der Waals surface area contributed by atoms with Crippen LogP contribution in [-0.2, 0) is 18.4 Å². The van der Waals surface area contributed by atoms with Gasteiger partial charge in [-0.2, -0.15) is 10.2 Å². The van der Waals surface area contributed by atoms with Crippen LogP contribution in [-0.4, -0.2) is 19.6 Å². The van der Waals surface area contributed by atoms with Crippen LogP contribution >= 0.6 is 23.2 Å². The average Bonchev–Trinajstić information content (AvgIpc) is 2.84. The molecule has 0 saturated heterocycles. The zero-order chi connectivity index (χ0) is 12.4. The number of hydrogen-bond donors (Lipinski definition) is 0. The van der Waals surface area contributed by atoms with Crippen LogP contribution in [0, 0.1) is 13.8 Å². The SMILES string of the molecule is Cc1cc(CCl)nn1Cn1nc(CCl)cc1C. The maximum atomic E-state index is 5.76. The van der Waals surface area contributed by atoms with Crippen molar-refractivity contribution in [2.45, 2.75) is 32.3 Å². The molecule has 0 fully saturated rings. The van der Waals surface area contributed by atoms with Crippen LogP contribution in [0.5, 0.6) is 0 Å². The fourth-order valence-corrected chi connectivity index (χ4v) is 1.96. The third-order valence-electron chi connectivity index (χ3n) is 2.61. The third kappa shape index (κ3) is 2.64. The minimum atomic E-state index is 0.429. The molecule has 0 aliphatic heterocycles. The quantitative estimate of drug-likeness (QED) is 0.803. The lowest BCUT2D eigenvalue weighted by Gasteiger charge is -2.06. The summed E-state index contributed by atoms with van der Waals surface area (Å²) in [5.74, 6) is 0.859. The van der Waals surface area contributed by atoms with Crippen molar-refractivity contribution in [3.63, 3.8) is 0 Å². The van der Waals surface area contributed by atoms with E-state index in [9.17, 15) is 0 Å². The molecule has 0 aliphatic rings. The maximum Gasteiger partial charge on any atom is 0.133 e. The lowest BCUT2D eigenvalue weighted by molar-refractivity contribution is 0.480. The third-order valence-corrected chi connectivity index (χ3v) is 3.15. The van der Waals surface area contributed by atoms with E-state index in [1.807, 2.05) is 35.3 Å². The van der Waals surface area contributed by atoms with Crippen molar-refractivity contribution in [1.29, 1.82) is 0 Å². The van der Waals surface area contributed by atoms with Crippen LogP contribution in [0.1, 0.15) is 22.8 Å². The minimum absolute atomic E-state index is 0.429. The Kier molecular flexibility index (Phi) is 3.74. The van der Waals surface area contributed by atoms with Gasteiger partial charge in [0.05, 0.1) is 23.1 Å². The highest BCUT2D eigenvalue weighted by Gasteiger charge is 2.07. The standard InChI is InChI=1S/C11H14Cl2N4/c1-8-3-10(5-12)14-16(8)7-17-9(2)4-11(6-13)15-17/h3-4H,5-7H2,1-2H3. The van der Waals surface area contributed by atoms with Crippen LogP contribution in [0.3, 0.4) is 0 Å². The van der Waals surface area contributed by atoms with Crippen LogP contribution in [0.15, 0.2) is 12.1 Å². The second kappa shape index (κ2) is 5.10. The summed E-state index contributed by atoms with van der Waals surface area (Å²) in [6, 6.07) is 3.96. The Balaban J connectivity index is 2.24. The first-order valence-corrected chi connectivity index (χ1v) is 6.39. The molecule has 0 atom stereocenters. The van der Waals surface area contributed by atoms with Gasteiger partial charge in [-0.25, -0.2) is 9.36 Å². The highest BCUT2D eigenvalue weighted by atomic mass is 35.5. The first-order chi connectivity index (χ1) is 8.13. The van der Waals surface area contributed by atoms with E-state index in [0.29, 0.717) is 18.4 Å². The van der Waals surface area contributed by atoms with Gasteiger partial charge in [0.25, 0.3) is 0 Å². The molecule has 0 saturated carbocycles. The molecule has 0 bridgehead atoms. The predicted octanol–water partition coefficient (Wildman–Crippen LogP) is 2.68. The van der Waals surface area contributed by atoms with Gasteiger partial charge in [0.2, 0.25) is 0 Å². The van der Waals surface area contributed by atoms with Crippen molar-refractivity contribution >= 4 is 23.2 Å². The Morgan fingerprint density at radius 1 is 0.941 bits per heavy atom. The zero-order valence-corrected chi connectivity index (χ0v) is 11.3. The summed E-state index contributed by atoms with van der Waals surface area (Å²) in [6.45, 7) is 4.60. The number of aryl methyl sites for hydroxylation is 2. The van der Waals surface area contributed by atoms with Crippen molar-refractivity contribution in [3.05, 3.63) is 34.9 Å². The molecule has 2 aromatic rings. The van der Waals surface area contributed by atoms with Gasteiger partial charge in [-0.15, -0.1) is 23.2 Å². The number of rotatable bonds is 4. The van der Waals surface area contributed by atoms with Gasteiger partial charge in [0.1, 0.15) is 6.67 Å². The van der Waals surface area contributed by atoms with E-state index >= 15 is 0 Å². The van der Waals surface area contributed by atoms with Gasteiger partial charge in [-0.3, -0.25) is 0 Å². The summed E-state index contributed by atoms with van der Waals surface area (Å²) < 4.78 is 3.77.